The Morgan fingerprint density at radius 1 is 1.45 bits per heavy atom. The van der Waals surface area contributed by atoms with Gasteiger partial charge in [0.15, 0.2) is 0 Å². The van der Waals surface area contributed by atoms with E-state index in [1.807, 2.05) is 6.92 Å². The first kappa shape index (κ1) is 7.43. The molecular weight excluding hydrogens is 150 g/mol. The van der Waals surface area contributed by atoms with Crippen LogP contribution in [0.25, 0.3) is 0 Å². The third kappa shape index (κ3) is 0.825. The fourth-order valence-electron chi connectivity index (χ4n) is 1.95. The van der Waals surface area contributed by atoms with E-state index < -0.39 is 17.9 Å². The van der Waals surface area contributed by atoms with Gasteiger partial charge in [-0.15, -0.1) is 0 Å². The van der Waals surface area contributed by atoms with Crippen LogP contribution in [0, 0.1) is 5.92 Å². The number of rotatable bonds is 1. The Morgan fingerprint density at radius 2 is 2.18 bits per heavy atom. The molecule has 3 atom stereocenters. The van der Waals surface area contributed by atoms with Crippen molar-refractivity contribution in [2.24, 2.45) is 5.92 Å². The van der Waals surface area contributed by atoms with Gasteiger partial charge in [-0.2, -0.15) is 0 Å². The van der Waals surface area contributed by atoms with Gasteiger partial charge in [-0.05, 0) is 12.8 Å². The highest BCUT2D eigenvalue weighted by Gasteiger charge is 2.62. The molecule has 2 nitrogen and oxygen atoms in total. The van der Waals surface area contributed by atoms with Crippen LogP contribution in [0.4, 0.5) is 8.78 Å². The fourth-order valence-corrected chi connectivity index (χ4v) is 1.95. The third-order valence-electron chi connectivity index (χ3n) is 2.82. The maximum absolute atomic E-state index is 13.0. The van der Waals surface area contributed by atoms with Gasteiger partial charge in [0.1, 0.15) is 0 Å². The fraction of sp³-hybridized carbons (Fsp3) is 1.00. The highest BCUT2D eigenvalue weighted by molar-refractivity contribution is 5.08. The Morgan fingerprint density at radius 3 is 2.55 bits per heavy atom. The van der Waals surface area contributed by atoms with Crippen molar-refractivity contribution in [2.75, 3.05) is 0 Å². The molecule has 2 aliphatic heterocycles. The van der Waals surface area contributed by atoms with Crippen molar-refractivity contribution in [1.82, 2.24) is 10.9 Å². The lowest BCUT2D eigenvalue weighted by molar-refractivity contribution is -0.203. The van der Waals surface area contributed by atoms with Crippen molar-refractivity contribution in [2.45, 2.75) is 37.8 Å². The topological polar surface area (TPSA) is 24.1 Å². The molecule has 0 radical (unpaired) electrons. The first-order chi connectivity index (χ1) is 5.16. The van der Waals surface area contributed by atoms with Gasteiger partial charge in [-0.1, -0.05) is 6.92 Å². The summed E-state index contributed by atoms with van der Waals surface area (Å²) in [5.41, 5.74) is 5.53. The molecule has 0 aromatic rings. The lowest BCUT2D eigenvalue weighted by Gasteiger charge is -2.53. The summed E-state index contributed by atoms with van der Waals surface area (Å²) in [5, 5.41) is 0. The standard InChI is InChI=1S/C7H12F2N2/c1-2-5-4-3-6(11-10-5)7(4,8)9/h4-6,10-11H,2-3H2,1H3. The summed E-state index contributed by atoms with van der Waals surface area (Å²) in [4.78, 5) is 0. The van der Waals surface area contributed by atoms with Crippen LogP contribution in [0.5, 0.6) is 0 Å². The van der Waals surface area contributed by atoms with Crippen molar-refractivity contribution in [3.05, 3.63) is 0 Å². The maximum Gasteiger partial charge on any atom is 0.268 e. The average Bonchev–Trinajstić information content (AvgIpc) is 2.04. The van der Waals surface area contributed by atoms with E-state index in [0.717, 1.165) is 6.42 Å². The zero-order valence-corrected chi connectivity index (χ0v) is 6.40. The van der Waals surface area contributed by atoms with Gasteiger partial charge >= 0.3 is 0 Å². The molecule has 3 unspecified atom stereocenters. The first-order valence-electron chi connectivity index (χ1n) is 4.05. The molecule has 2 N–H and O–H groups in total. The van der Waals surface area contributed by atoms with Gasteiger partial charge < -0.3 is 0 Å². The van der Waals surface area contributed by atoms with Crippen LogP contribution in [-0.4, -0.2) is 18.0 Å². The van der Waals surface area contributed by atoms with E-state index >= 15 is 0 Å². The number of nitrogens with one attached hydrogen (secondary N) is 2. The number of alkyl halides is 2. The van der Waals surface area contributed by atoms with Crippen molar-refractivity contribution in [3.8, 4) is 0 Å². The summed E-state index contributed by atoms with van der Waals surface area (Å²) >= 11 is 0. The number of halogens is 2. The summed E-state index contributed by atoms with van der Waals surface area (Å²) < 4.78 is 26.0. The molecule has 0 aromatic heterocycles. The summed E-state index contributed by atoms with van der Waals surface area (Å²) in [6, 6.07) is -0.662. The van der Waals surface area contributed by atoms with E-state index in [9.17, 15) is 8.78 Å². The molecule has 0 aromatic carbocycles. The summed E-state index contributed by atoms with van der Waals surface area (Å²) in [6.45, 7) is 1.92. The lowest BCUT2D eigenvalue weighted by atomic mass is 9.69. The predicted octanol–water partition coefficient (Wildman–Crippen LogP) is 0.897. The van der Waals surface area contributed by atoms with Crippen LogP contribution >= 0.6 is 0 Å². The van der Waals surface area contributed by atoms with Crippen molar-refractivity contribution < 1.29 is 8.78 Å². The second kappa shape index (κ2) is 2.14. The van der Waals surface area contributed by atoms with Gasteiger partial charge in [0.2, 0.25) is 0 Å². The molecule has 1 saturated carbocycles. The molecule has 2 saturated heterocycles. The molecule has 3 rings (SSSR count). The average molecular weight is 162 g/mol. The Bertz CT molecular complexity index is 170. The molecule has 3 fully saturated rings. The second-order valence-electron chi connectivity index (χ2n) is 3.37. The lowest BCUT2D eigenvalue weighted by Crippen LogP contribution is -2.75. The largest absolute Gasteiger partial charge is 0.268 e. The van der Waals surface area contributed by atoms with E-state index in [2.05, 4.69) is 10.9 Å². The van der Waals surface area contributed by atoms with Crippen LogP contribution < -0.4 is 10.9 Å². The van der Waals surface area contributed by atoms with Crippen molar-refractivity contribution in [1.29, 1.82) is 0 Å². The number of fused-ring (bicyclic) bond motifs is 2. The van der Waals surface area contributed by atoms with Crippen LogP contribution in [0.2, 0.25) is 0 Å². The molecule has 1 aliphatic carbocycles. The van der Waals surface area contributed by atoms with E-state index in [4.69, 9.17) is 0 Å². The SMILES string of the molecule is CCC1NNC2CC1C2(F)F. The minimum absolute atomic E-state index is 0.0463. The monoisotopic (exact) mass is 162 g/mol. The zero-order chi connectivity index (χ0) is 8.06. The van der Waals surface area contributed by atoms with E-state index in [1.165, 1.54) is 0 Å². The summed E-state index contributed by atoms with van der Waals surface area (Å²) in [5.74, 6) is -2.90. The predicted molar refractivity (Wildman–Crippen MR) is 37.2 cm³/mol. The first-order valence-corrected chi connectivity index (χ1v) is 4.05. The van der Waals surface area contributed by atoms with Crippen molar-refractivity contribution in [3.63, 3.8) is 0 Å². The number of hydrazine groups is 1. The molecule has 11 heavy (non-hydrogen) atoms. The Kier molecular flexibility index (Phi) is 1.44. The smallest absolute Gasteiger partial charge is 0.254 e. The molecule has 2 heterocycles. The van der Waals surface area contributed by atoms with Crippen LogP contribution in [0.15, 0.2) is 0 Å². The van der Waals surface area contributed by atoms with Gasteiger partial charge in [-0.25, -0.2) is 14.2 Å². The Hall–Kier alpha value is -0.220. The second-order valence-corrected chi connectivity index (χ2v) is 3.37. The normalized spacial score (nSPS) is 46.6. The molecule has 0 amide bonds. The molecule has 2 bridgehead atoms. The van der Waals surface area contributed by atoms with Crippen LogP contribution in [-0.2, 0) is 0 Å². The zero-order valence-electron chi connectivity index (χ0n) is 6.40. The van der Waals surface area contributed by atoms with E-state index in [0.29, 0.717) is 6.42 Å². The molecule has 0 spiro atoms. The maximum atomic E-state index is 13.0. The van der Waals surface area contributed by atoms with Gasteiger partial charge in [0.25, 0.3) is 5.92 Å². The molecule has 4 heteroatoms. The Labute approximate surface area is 64.3 Å². The minimum atomic E-state index is -2.47. The van der Waals surface area contributed by atoms with Crippen LogP contribution in [0.1, 0.15) is 19.8 Å². The van der Waals surface area contributed by atoms with Crippen LogP contribution in [0.3, 0.4) is 0 Å². The molecule has 3 aliphatic rings. The highest BCUT2D eigenvalue weighted by atomic mass is 19.3. The van der Waals surface area contributed by atoms with E-state index in [1.54, 1.807) is 0 Å². The third-order valence-corrected chi connectivity index (χ3v) is 2.82. The van der Waals surface area contributed by atoms with Gasteiger partial charge in [-0.3, -0.25) is 5.43 Å². The quantitative estimate of drug-likeness (QED) is 0.598. The summed E-state index contributed by atoms with van der Waals surface area (Å²) in [7, 11) is 0. The molecule has 64 valence electrons. The van der Waals surface area contributed by atoms with Crippen molar-refractivity contribution >= 4 is 0 Å². The number of hydrogen-bond donors (Lipinski definition) is 2. The minimum Gasteiger partial charge on any atom is -0.254 e. The summed E-state index contributed by atoms with van der Waals surface area (Å²) in [6.07, 6.45) is 1.39. The number of hydrogen-bond acceptors (Lipinski definition) is 2. The highest BCUT2D eigenvalue weighted by Crippen LogP contribution is 2.48. The van der Waals surface area contributed by atoms with Gasteiger partial charge in [0, 0.05) is 12.0 Å². The van der Waals surface area contributed by atoms with E-state index in [-0.39, 0.29) is 6.04 Å². The van der Waals surface area contributed by atoms with Gasteiger partial charge in [0.05, 0.1) is 6.04 Å². The molecular formula is C7H12F2N2. The Balaban J connectivity index is 2.10.